The summed E-state index contributed by atoms with van der Waals surface area (Å²) in [4.78, 5) is 12.7. The highest BCUT2D eigenvalue weighted by Gasteiger charge is 2.26. The molecule has 0 radical (unpaired) electrons. The lowest BCUT2D eigenvalue weighted by molar-refractivity contribution is 0.0730. The maximum atomic E-state index is 12.8. The molecule has 0 atom stereocenters. The van der Waals surface area contributed by atoms with E-state index in [-0.39, 0.29) is 10.8 Å². The Balaban J connectivity index is 1.84. The number of hydrogen-bond acceptors (Lipinski definition) is 4. The van der Waals surface area contributed by atoms with Crippen molar-refractivity contribution >= 4 is 21.6 Å². The summed E-state index contributed by atoms with van der Waals surface area (Å²) >= 11 is 0. The Labute approximate surface area is 153 Å². The predicted molar refractivity (Wildman–Crippen MR) is 99.9 cm³/mol. The van der Waals surface area contributed by atoms with Crippen LogP contribution in [0.25, 0.3) is 0 Å². The van der Waals surface area contributed by atoms with Gasteiger partial charge in [-0.15, -0.1) is 0 Å². The molecule has 26 heavy (non-hydrogen) atoms. The second kappa shape index (κ2) is 7.57. The number of carbonyl (C=O) groups excluding carboxylic acids is 1. The van der Waals surface area contributed by atoms with Crippen LogP contribution in [-0.2, 0) is 14.8 Å². The third kappa shape index (κ3) is 3.95. The van der Waals surface area contributed by atoms with Crippen molar-refractivity contribution in [2.24, 2.45) is 0 Å². The molecule has 2 aromatic rings. The summed E-state index contributed by atoms with van der Waals surface area (Å²) in [6.07, 6.45) is 0. The molecule has 138 valence electrons. The number of nitrogens with zero attached hydrogens (tertiary/aromatic N) is 1. The van der Waals surface area contributed by atoms with Crippen molar-refractivity contribution < 1.29 is 17.9 Å². The molecule has 0 aromatic heterocycles. The molecule has 1 fully saturated rings. The fourth-order valence-electron chi connectivity index (χ4n) is 2.80. The average Bonchev–Trinajstić information content (AvgIpc) is 2.65. The Bertz CT molecular complexity index is 919. The maximum Gasteiger partial charge on any atom is 0.255 e. The molecule has 1 aliphatic rings. The largest absolute Gasteiger partial charge is 0.379 e. The normalized spacial score (nSPS) is 15.6. The van der Waals surface area contributed by atoms with Crippen molar-refractivity contribution in [3.05, 3.63) is 59.2 Å². The third-order valence-corrected chi connectivity index (χ3v) is 6.24. The number of anilines is 1. The highest BCUT2D eigenvalue weighted by molar-refractivity contribution is 7.89. The number of aryl methyl sites for hydroxylation is 2. The molecule has 1 saturated heterocycles. The number of morpholine rings is 1. The van der Waals surface area contributed by atoms with E-state index in [4.69, 9.17) is 4.74 Å². The van der Waals surface area contributed by atoms with Gasteiger partial charge in [0.15, 0.2) is 0 Å². The van der Waals surface area contributed by atoms with Gasteiger partial charge < -0.3 is 10.1 Å². The van der Waals surface area contributed by atoms with Crippen molar-refractivity contribution in [1.29, 1.82) is 0 Å². The molecule has 1 amide bonds. The molecule has 1 aliphatic heterocycles. The van der Waals surface area contributed by atoms with Crippen LogP contribution in [0.4, 0.5) is 5.69 Å². The molecule has 1 N–H and O–H groups in total. The van der Waals surface area contributed by atoms with E-state index in [9.17, 15) is 13.2 Å². The predicted octanol–water partition coefficient (Wildman–Crippen LogP) is 2.58. The van der Waals surface area contributed by atoms with Gasteiger partial charge in [0.2, 0.25) is 10.0 Å². The average molecular weight is 374 g/mol. The standard InChI is InChI=1S/C19H22N2O4S/c1-14-6-7-15(2)18(12-14)20-19(22)16-4-3-5-17(13-16)26(23,24)21-8-10-25-11-9-21/h3-7,12-13H,8-11H2,1-2H3,(H,20,22). The zero-order valence-corrected chi connectivity index (χ0v) is 15.7. The van der Waals surface area contributed by atoms with Crippen LogP contribution in [0.2, 0.25) is 0 Å². The number of amides is 1. The van der Waals surface area contributed by atoms with Gasteiger partial charge in [0.05, 0.1) is 18.1 Å². The van der Waals surface area contributed by atoms with Gasteiger partial charge in [0.25, 0.3) is 5.91 Å². The molecule has 0 unspecified atom stereocenters. The van der Waals surface area contributed by atoms with E-state index in [0.29, 0.717) is 31.9 Å². The number of nitrogens with one attached hydrogen (secondary N) is 1. The van der Waals surface area contributed by atoms with Gasteiger partial charge in [0.1, 0.15) is 0 Å². The number of ether oxygens (including phenoxy) is 1. The number of benzene rings is 2. The monoisotopic (exact) mass is 374 g/mol. The third-order valence-electron chi connectivity index (χ3n) is 4.35. The Morgan fingerprint density at radius 2 is 1.81 bits per heavy atom. The first-order chi connectivity index (χ1) is 12.4. The second-order valence-electron chi connectivity index (χ2n) is 6.32. The summed E-state index contributed by atoms with van der Waals surface area (Å²) in [5.74, 6) is -0.335. The van der Waals surface area contributed by atoms with Crippen LogP contribution >= 0.6 is 0 Å². The molecule has 6 nitrogen and oxygen atoms in total. The van der Waals surface area contributed by atoms with Gasteiger partial charge >= 0.3 is 0 Å². The van der Waals surface area contributed by atoms with Crippen molar-refractivity contribution in [3.63, 3.8) is 0 Å². The minimum atomic E-state index is -3.63. The Kier molecular flexibility index (Phi) is 5.41. The van der Waals surface area contributed by atoms with Crippen LogP contribution in [0.15, 0.2) is 47.4 Å². The van der Waals surface area contributed by atoms with Gasteiger partial charge in [-0.3, -0.25) is 4.79 Å². The first-order valence-electron chi connectivity index (χ1n) is 8.44. The molecule has 1 heterocycles. The highest BCUT2D eigenvalue weighted by atomic mass is 32.2. The molecular weight excluding hydrogens is 352 g/mol. The number of carbonyl (C=O) groups is 1. The van der Waals surface area contributed by atoms with E-state index in [1.165, 1.54) is 16.4 Å². The fraction of sp³-hybridized carbons (Fsp3) is 0.316. The highest BCUT2D eigenvalue weighted by Crippen LogP contribution is 2.21. The Morgan fingerprint density at radius 1 is 1.08 bits per heavy atom. The van der Waals surface area contributed by atoms with Gasteiger partial charge in [-0.2, -0.15) is 4.31 Å². The fourth-order valence-corrected chi connectivity index (χ4v) is 4.25. The number of rotatable bonds is 4. The number of hydrogen-bond donors (Lipinski definition) is 1. The summed E-state index contributed by atoms with van der Waals surface area (Å²) in [6, 6.07) is 11.9. The van der Waals surface area contributed by atoms with Crippen molar-refractivity contribution in [2.45, 2.75) is 18.7 Å². The zero-order chi connectivity index (χ0) is 18.7. The van der Waals surface area contributed by atoms with E-state index in [2.05, 4.69) is 5.32 Å². The van der Waals surface area contributed by atoms with Gasteiger partial charge in [-0.05, 0) is 49.2 Å². The molecule has 0 saturated carbocycles. The van der Waals surface area contributed by atoms with E-state index in [1.54, 1.807) is 12.1 Å². The van der Waals surface area contributed by atoms with Gasteiger partial charge in [0, 0.05) is 24.3 Å². The summed E-state index contributed by atoms with van der Waals surface area (Å²) in [7, 11) is -3.63. The Morgan fingerprint density at radius 3 is 2.54 bits per heavy atom. The van der Waals surface area contributed by atoms with Crippen LogP contribution in [0.1, 0.15) is 21.5 Å². The molecule has 0 aliphatic carbocycles. The number of sulfonamides is 1. The van der Waals surface area contributed by atoms with Crippen LogP contribution in [0.3, 0.4) is 0 Å². The van der Waals surface area contributed by atoms with E-state index in [0.717, 1.165) is 16.8 Å². The first-order valence-corrected chi connectivity index (χ1v) is 9.88. The van der Waals surface area contributed by atoms with Crippen LogP contribution < -0.4 is 5.32 Å². The summed E-state index contributed by atoms with van der Waals surface area (Å²) in [5, 5.41) is 2.86. The first kappa shape index (κ1) is 18.6. The van der Waals surface area contributed by atoms with Gasteiger partial charge in [-0.1, -0.05) is 18.2 Å². The van der Waals surface area contributed by atoms with Gasteiger partial charge in [-0.25, -0.2) is 8.42 Å². The van der Waals surface area contributed by atoms with Crippen LogP contribution in [0, 0.1) is 13.8 Å². The summed E-state index contributed by atoms with van der Waals surface area (Å²) in [6.45, 7) is 5.26. The quantitative estimate of drug-likeness (QED) is 0.892. The van der Waals surface area contributed by atoms with E-state index < -0.39 is 10.0 Å². The zero-order valence-electron chi connectivity index (χ0n) is 14.9. The minimum Gasteiger partial charge on any atom is -0.379 e. The van der Waals surface area contributed by atoms with E-state index in [1.807, 2.05) is 32.0 Å². The topological polar surface area (TPSA) is 75.7 Å². The molecule has 7 heteroatoms. The maximum absolute atomic E-state index is 12.8. The van der Waals surface area contributed by atoms with Crippen molar-refractivity contribution in [3.8, 4) is 0 Å². The molecule has 0 bridgehead atoms. The lowest BCUT2D eigenvalue weighted by atomic mass is 10.1. The second-order valence-corrected chi connectivity index (χ2v) is 8.25. The molecule has 0 spiro atoms. The minimum absolute atomic E-state index is 0.119. The van der Waals surface area contributed by atoms with Crippen LogP contribution in [-0.4, -0.2) is 44.9 Å². The molecular formula is C19H22N2O4S. The summed E-state index contributed by atoms with van der Waals surface area (Å²) in [5.41, 5.74) is 3.01. The summed E-state index contributed by atoms with van der Waals surface area (Å²) < 4.78 is 32.1. The lowest BCUT2D eigenvalue weighted by Crippen LogP contribution is -2.40. The van der Waals surface area contributed by atoms with Crippen molar-refractivity contribution in [2.75, 3.05) is 31.6 Å². The Hall–Kier alpha value is -2.22. The molecule has 2 aromatic carbocycles. The SMILES string of the molecule is Cc1ccc(C)c(NC(=O)c2cccc(S(=O)(=O)N3CCOCC3)c2)c1. The van der Waals surface area contributed by atoms with E-state index >= 15 is 0 Å². The molecule has 3 rings (SSSR count). The smallest absolute Gasteiger partial charge is 0.255 e. The van der Waals surface area contributed by atoms with Crippen molar-refractivity contribution in [1.82, 2.24) is 4.31 Å². The lowest BCUT2D eigenvalue weighted by Gasteiger charge is -2.26. The van der Waals surface area contributed by atoms with Crippen LogP contribution in [0.5, 0.6) is 0 Å².